The normalized spacial score (nSPS) is 27.8. The van der Waals surface area contributed by atoms with Crippen LogP contribution in [0.3, 0.4) is 0 Å². The van der Waals surface area contributed by atoms with Crippen molar-refractivity contribution in [3.05, 3.63) is 12.2 Å². The van der Waals surface area contributed by atoms with Crippen molar-refractivity contribution < 1.29 is 0 Å². The van der Waals surface area contributed by atoms with Crippen molar-refractivity contribution in [2.24, 2.45) is 10.9 Å². The van der Waals surface area contributed by atoms with Gasteiger partial charge in [-0.2, -0.15) is 0 Å². The van der Waals surface area contributed by atoms with Gasteiger partial charge in [0.2, 0.25) is 0 Å². The summed E-state index contributed by atoms with van der Waals surface area (Å²) in [5.41, 5.74) is -0.00406. The Morgan fingerprint density at radius 2 is 2.10 bits per heavy atom. The number of allylic oxidation sites excluding steroid dienone is 1. The molecule has 2 aliphatic rings. The third-order valence-corrected chi connectivity index (χ3v) is 4.63. The number of aliphatic imine (C=N–C) groups is 1. The summed E-state index contributed by atoms with van der Waals surface area (Å²) in [6.07, 6.45) is 12.7. The second kappa shape index (κ2) is 7.37. The second-order valence-corrected chi connectivity index (χ2v) is 6.59. The van der Waals surface area contributed by atoms with Crippen LogP contribution in [0.1, 0.15) is 52.9 Å². The SMILES string of the molecule is CCCC1(N2CCC(CCNC(C)C)CC2)C=CC=N1. The summed E-state index contributed by atoms with van der Waals surface area (Å²) < 4.78 is 0. The zero-order chi connectivity index (χ0) is 14.4. The van der Waals surface area contributed by atoms with Crippen molar-refractivity contribution in [3.63, 3.8) is 0 Å². The zero-order valence-electron chi connectivity index (χ0n) is 13.4. The number of likely N-dealkylation sites (tertiary alicyclic amines) is 1. The third kappa shape index (κ3) is 3.92. The zero-order valence-corrected chi connectivity index (χ0v) is 13.4. The molecule has 2 heterocycles. The Morgan fingerprint density at radius 3 is 2.65 bits per heavy atom. The van der Waals surface area contributed by atoms with Crippen LogP contribution in [-0.4, -0.2) is 42.5 Å². The summed E-state index contributed by atoms with van der Waals surface area (Å²) in [6.45, 7) is 10.3. The van der Waals surface area contributed by atoms with Crippen LogP contribution >= 0.6 is 0 Å². The highest BCUT2D eigenvalue weighted by Gasteiger charge is 2.36. The maximum atomic E-state index is 4.77. The molecule has 1 unspecified atom stereocenters. The van der Waals surface area contributed by atoms with Crippen LogP contribution in [0.4, 0.5) is 0 Å². The number of nitrogens with one attached hydrogen (secondary N) is 1. The maximum Gasteiger partial charge on any atom is 0.132 e. The molecule has 3 heteroatoms. The Hall–Kier alpha value is -0.670. The van der Waals surface area contributed by atoms with Crippen molar-refractivity contribution in [2.45, 2.75) is 64.6 Å². The summed E-state index contributed by atoms with van der Waals surface area (Å²) in [6, 6.07) is 0.612. The van der Waals surface area contributed by atoms with Crippen LogP contribution in [0.15, 0.2) is 17.1 Å². The smallest absolute Gasteiger partial charge is 0.132 e. The molecule has 0 radical (unpaired) electrons. The molecule has 0 aromatic carbocycles. The molecule has 3 nitrogen and oxygen atoms in total. The van der Waals surface area contributed by atoms with Gasteiger partial charge in [0.1, 0.15) is 5.66 Å². The van der Waals surface area contributed by atoms with E-state index in [9.17, 15) is 0 Å². The number of nitrogens with zero attached hydrogens (tertiary/aromatic N) is 2. The largest absolute Gasteiger partial charge is 0.315 e. The van der Waals surface area contributed by atoms with E-state index in [0.717, 1.165) is 12.3 Å². The molecule has 0 aliphatic carbocycles. The quantitative estimate of drug-likeness (QED) is 0.773. The fourth-order valence-electron chi connectivity index (χ4n) is 3.46. The molecule has 0 aromatic rings. The summed E-state index contributed by atoms with van der Waals surface area (Å²) in [5.74, 6) is 0.894. The van der Waals surface area contributed by atoms with Gasteiger partial charge in [0, 0.05) is 25.3 Å². The molecule has 1 saturated heterocycles. The van der Waals surface area contributed by atoms with Gasteiger partial charge < -0.3 is 5.32 Å². The lowest BCUT2D eigenvalue weighted by molar-refractivity contribution is 0.0809. The Bertz CT molecular complexity index is 326. The third-order valence-electron chi connectivity index (χ3n) is 4.63. The lowest BCUT2D eigenvalue weighted by Crippen LogP contribution is -2.49. The topological polar surface area (TPSA) is 27.6 Å². The molecule has 114 valence electrons. The van der Waals surface area contributed by atoms with Gasteiger partial charge in [-0.1, -0.05) is 27.2 Å². The van der Waals surface area contributed by atoms with Crippen molar-refractivity contribution >= 4 is 6.21 Å². The number of hydrogen-bond acceptors (Lipinski definition) is 3. The van der Waals surface area contributed by atoms with Crippen molar-refractivity contribution in [3.8, 4) is 0 Å². The van der Waals surface area contributed by atoms with E-state index in [4.69, 9.17) is 4.99 Å². The average Bonchev–Trinajstić information content (AvgIpc) is 2.89. The molecule has 0 saturated carbocycles. The summed E-state index contributed by atoms with van der Waals surface area (Å²) >= 11 is 0. The number of rotatable bonds is 7. The molecule has 1 fully saturated rings. The van der Waals surface area contributed by atoms with Gasteiger partial charge in [0.15, 0.2) is 0 Å². The lowest BCUT2D eigenvalue weighted by atomic mass is 9.90. The van der Waals surface area contributed by atoms with Crippen LogP contribution in [-0.2, 0) is 0 Å². The molecule has 0 bridgehead atoms. The minimum absolute atomic E-state index is 0.00406. The van der Waals surface area contributed by atoms with E-state index < -0.39 is 0 Å². The van der Waals surface area contributed by atoms with Crippen LogP contribution in [0.2, 0.25) is 0 Å². The minimum atomic E-state index is -0.00406. The Labute approximate surface area is 124 Å². The highest BCUT2D eigenvalue weighted by atomic mass is 15.3. The summed E-state index contributed by atoms with van der Waals surface area (Å²) in [5, 5.41) is 3.54. The summed E-state index contributed by atoms with van der Waals surface area (Å²) in [4.78, 5) is 7.37. The predicted molar refractivity (Wildman–Crippen MR) is 87.3 cm³/mol. The molecule has 2 aliphatic heterocycles. The van der Waals surface area contributed by atoms with Crippen LogP contribution in [0.25, 0.3) is 0 Å². The molecule has 0 aromatic heterocycles. The van der Waals surface area contributed by atoms with Gasteiger partial charge in [-0.05, 0) is 50.3 Å². The molecule has 0 amide bonds. The average molecular weight is 277 g/mol. The van der Waals surface area contributed by atoms with Crippen molar-refractivity contribution in [1.82, 2.24) is 10.2 Å². The maximum absolute atomic E-state index is 4.77. The minimum Gasteiger partial charge on any atom is -0.315 e. The fraction of sp³-hybridized carbons (Fsp3) is 0.824. The second-order valence-electron chi connectivity index (χ2n) is 6.59. The van der Waals surface area contributed by atoms with Gasteiger partial charge >= 0.3 is 0 Å². The van der Waals surface area contributed by atoms with Gasteiger partial charge in [0.25, 0.3) is 0 Å². The van der Waals surface area contributed by atoms with E-state index in [1.807, 2.05) is 6.21 Å². The van der Waals surface area contributed by atoms with Gasteiger partial charge in [-0.3, -0.25) is 9.89 Å². The van der Waals surface area contributed by atoms with E-state index in [0.29, 0.717) is 6.04 Å². The first-order valence-electron chi connectivity index (χ1n) is 8.38. The van der Waals surface area contributed by atoms with E-state index in [-0.39, 0.29) is 5.66 Å². The molecular weight excluding hydrogens is 246 g/mol. The Kier molecular flexibility index (Phi) is 5.79. The highest BCUT2D eigenvalue weighted by molar-refractivity contribution is 5.75. The van der Waals surface area contributed by atoms with Crippen molar-refractivity contribution in [2.75, 3.05) is 19.6 Å². The first-order chi connectivity index (χ1) is 9.66. The molecule has 1 atom stereocenters. The van der Waals surface area contributed by atoms with Crippen LogP contribution < -0.4 is 5.32 Å². The molecular formula is C17H31N3. The number of hydrogen-bond donors (Lipinski definition) is 1. The van der Waals surface area contributed by atoms with E-state index in [1.165, 1.54) is 45.3 Å². The summed E-state index contributed by atoms with van der Waals surface area (Å²) in [7, 11) is 0. The Balaban J connectivity index is 1.78. The van der Waals surface area contributed by atoms with Crippen LogP contribution in [0, 0.1) is 5.92 Å². The first-order valence-corrected chi connectivity index (χ1v) is 8.38. The predicted octanol–water partition coefficient (Wildman–Crippen LogP) is 3.22. The monoisotopic (exact) mass is 277 g/mol. The van der Waals surface area contributed by atoms with Crippen molar-refractivity contribution in [1.29, 1.82) is 0 Å². The molecule has 0 spiro atoms. The first kappa shape index (κ1) is 15.7. The number of piperidine rings is 1. The molecule has 20 heavy (non-hydrogen) atoms. The van der Waals surface area contributed by atoms with E-state index in [1.54, 1.807) is 0 Å². The Morgan fingerprint density at radius 1 is 1.35 bits per heavy atom. The molecule has 2 rings (SSSR count). The van der Waals surface area contributed by atoms with E-state index >= 15 is 0 Å². The van der Waals surface area contributed by atoms with Gasteiger partial charge in [0.05, 0.1) is 0 Å². The fourth-order valence-corrected chi connectivity index (χ4v) is 3.46. The lowest BCUT2D eigenvalue weighted by Gasteiger charge is -2.42. The van der Waals surface area contributed by atoms with E-state index in [2.05, 4.69) is 43.1 Å². The van der Waals surface area contributed by atoms with Gasteiger partial charge in [-0.25, -0.2) is 0 Å². The molecule has 1 N–H and O–H groups in total. The highest BCUT2D eigenvalue weighted by Crippen LogP contribution is 2.32. The standard InChI is InChI=1S/C17H31N3/c1-4-9-17(10-5-11-19-17)20-13-7-16(8-14-20)6-12-18-15(2)3/h5,10-11,15-16,18H,4,6-9,12-14H2,1-3H3. The van der Waals surface area contributed by atoms with Crippen LogP contribution in [0.5, 0.6) is 0 Å². The van der Waals surface area contributed by atoms with Gasteiger partial charge in [-0.15, -0.1) is 0 Å².